The van der Waals surface area contributed by atoms with Crippen LogP contribution in [-0.4, -0.2) is 37.1 Å². The lowest BCUT2D eigenvalue weighted by molar-refractivity contribution is 0.200. The monoisotopic (exact) mass is 331 g/mol. The number of carbonyl (C=O) groups is 1. The number of nitrogens with two attached hydrogens (primary N) is 1. The summed E-state index contributed by atoms with van der Waals surface area (Å²) in [6.07, 6.45) is -1.38. The van der Waals surface area contributed by atoms with Crippen LogP contribution < -0.4 is 11.1 Å². The van der Waals surface area contributed by atoms with Gasteiger partial charge >= 0.3 is 6.09 Å². The van der Waals surface area contributed by atoms with Gasteiger partial charge in [0.2, 0.25) is 0 Å². The molecule has 1 aromatic carbocycles. The molecule has 6 N–H and O–H groups in total. The number of nitrogens with one attached hydrogen (secondary N) is 1. The van der Waals surface area contributed by atoms with Crippen molar-refractivity contribution in [3.05, 3.63) is 29.6 Å². The van der Waals surface area contributed by atoms with E-state index in [-0.39, 0.29) is 17.2 Å². The molecule has 122 valence electrons. The average Bonchev–Trinajstić information content (AvgIpc) is 2.37. The normalized spacial score (nSPS) is 28.6. The molecule has 1 aliphatic heterocycles. The molecule has 0 radical (unpaired) electrons. The summed E-state index contributed by atoms with van der Waals surface area (Å²) in [5, 5.41) is 10.0. The summed E-state index contributed by atoms with van der Waals surface area (Å²) in [5.41, 5.74) is 4.72. The molecular weight excluding hydrogens is 313 g/mol. The Labute approximate surface area is 128 Å². The Kier molecular flexibility index (Phi) is 4.07. The minimum Gasteiger partial charge on any atom is -0.465 e. The lowest BCUT2D eigenvalue weighted by atomic mass is 9.93. The lowest BCUT2D eigenvalue weighted by Gasteiger charge is -2.48. The molecule has 0 fully saturated rings. The van der Waals surface area contributed by atoms with Crippen molar-refractivity contribution in [3.63, 3.8) is 0 Å². The van der Waals surface area contributed by atoms with E-state index in [2.05, 4.69) is 10.3 Å². The van der Waals surface area contributed by atoms with Crippen LogP contribution in [0.5, 0.6) is 0 Å². The predicted octanol–water partition coefficient (Wildman–Crippen LogP) is 2.44. The maximum absolute atomic E-state index is 14.1. The SMILES string of the molecule is CC1C(NC(=O)O)=N[C@](C)(c2cc(N)ccc2F)CS1(O)O. The third-order valence-corrected chi connectivity index (χ3v) is 5.96. The standard InChI is InChI=1S/C13H18FN3O4S/c1-7-11(16-12(18)19)17-13(2,6-22(7,20)21)9-5-8(15)3-4-10(9)14/h3-5,7,20-21H,6,15H2,1-2H3,(H,16,17)(H,18,19)/t7?,13-/m0/s1. The number of aliphatic imine (C=N–C) groups is 1. The van der Waals surface area contributed by atoms with Crippen molar-refractivity contribution in [3.8, 4) is 0 Å². The molecule has 0 bridgehead atoms. The summed E-state index contributed by atoms with van der Waals surface area (Å²) in [6, 6.07) is 3.91. The van der Waals surface area contributed by atoms with Gasteiger partial charge in [-0.25, -0.2) is 9.18 Å². The van der Waals surface area contributed by atoms with Crippen molar-refractivity contribution in [1.82, 2.24) is 5.32 Å². The van der Waals surface area contributed by atoms with Gasteiger partial charge in [0.1, 0.15) is 22.4 Å². The second kappa shape index (κ2) is 5.41. The molecule has 0 saturated carbocycles. The Morgan fingerprint density at radius 1 is 1.55 bits per heavy atom. The fourth-order valence-corrected chi connectivity index (χ4v) is 4.21. The number of carboxylic acid groups (broad SMARTS) is 1. The van der Waals surface area contributed by atoms with E-state index < -0.39 is 33.3 Å². The largest absolute Gasteiger partial charge is 0.465 e. The zero-order valence-corrected chi connectivity index (χ0v) is 12.9. The minimum atomic E-state index is -3.21. The van der Waals surface area contributed by atoms with Crippen molar-refractivity contribution in [2.24, 2.45) is 4.99 Å². The number of rotatable bonds is 1. The van der Waals surface area contributed by atoms with E-state index in [9.17, 15) is 18.3 Å². The highest BCUT2D eigenvalue weighted by molar-refractivity contribution is 8.25. The van der Waals surface area contributed by atoms with Gasteiger partial charge < -0.3 is 10.8 Å². The molecule has 1 heterocycles. The van der Waals surface area contributed by atoms with Crippen LogP contribution in [-0.2, 0) is 5.54 Å². The molecule has 7 nitrogen and oxygen atoms in total. The molecule has 0 saturated heterocycles. The maximum atomic E-state index is 14.1. The smallest absolute Gasteiger partial charge is 0.410 e. The van der Waals surface area contributed by atoms with Crippen LogP contribution in [0.2, 0.25) is 0 Å². The predicted molar refractivity (Wildman–Crippen MR) is 83.9 cm³/mol. The summed E-state index contributed by atoms with van der Waals surface area (Å²) in [4.78, 5) is 15.1. The first-order valence-electron chi connectivity index (χ1n) is 6.45. The van der Waals surface area contributed by atoms with E-state index in [4.69, 9.17) is 10.8 Å². The number of halogens is 1. The molecular formula is C13H18FN3O4S. The van der Waals surface area contributed by atoms with E-state index >= 15 is 0 Å². The van der Waals surface area contributed by atoms with E-state index in [1.165, 1.54) is 32.0 Å². The van der Waals surface area contributed by atoms with Gasteiger partial charge in [-0.2, -0.15) is 10.6 Å². The van der Waals surface area contributed by atoms with Crippen LogP contribution in [0.3, 0.4) is 0 Å². The van der Waals surface area contributed by atoms with E-state index in [1.807, 2.05) is 0 Å². The third-order valence-electron chi connectivity index (χ3n) is 3.62. The molecule has 1 unspecified atom stereocenters. The van der Waals surface area contributed by atoms with Crippen molar-refractivity contribution >= 4 is 28.2 Å². The Balaban J connectivity index is 2.58. The van der Waals surface area contributed by atoms with Crippen LogP contribution in [0.15, 0.2) is 23.2 Å². The summed E-state index contributed by atoms with van der Waals surface area (Å²) < 4.78 is 34.6. The first-order chi connectivity index (χ1) is 10.0. The second-order valence-electron chi connectivity index (χ2n) is 5.44. The van der Waals surface area contributed by atoms with Crippen molar-refractivity contribution in [2.75, 3.05) is 11.5 Å². The second-order valence-corrected chi connectivity index (χ2v) is 7.87. The molecule has 9 heteroatoms. The molecule has 0 spiro atoms. The van der Waals surface area contributed by atoms with Gasteiger partial charge in [0.15, 0.2) is 0 Å². The summed E-state index contributed by atoms with van der Waals surface area (Å²) in [5.74, 6) is -0.922. The first-order valence-corrected chi connectivity index (χ1v) is 8.23. The highest BCUT2D eigenvalue weighted by Gasteiger charge is 2.44. The van der Waals surface area contributed by atoms with Gasteiger partial charge in [-0.05, 0) is 32.0 Å². The number of hydrogen-bond donors (Lipinski definition) is 5. The van der Waals surface area contributed by atoms with Crippen LogP contribution in [0.25, 0.3) is 0 Å². The number of nitrogens with zero attached hydrogens (tertiary/aromatic N) is 1. The number of anilines is 1. The molecule has 0 aliphatic carbocycles. The fourth-order valence-electron chi connectivity index (χ4n) is 2.44. The molecule has 2 rings (SSSR count). The van der Waals surface area contributed by atoms with Crippen LogP contribution in [0.4, 0.5) is 14.9 Å². The molecule has 1 aromatic rings. The summed E-state index contributed by atoms with van der Waals surface area (Å²) in [6.45, 7) is 2.97. The van der Waals surface area contributed by atoms with Gasteiger partial charge in [0.25, 0.3) is 0 Å². The Morgan fingerprint density at radius 2 is 2.18 bits per heavy atom. The van der Waals surface area contributed by atoms with E-state index in [1.54, 1.807) is 0 Å². The average molecular weight is 331 g/mol. The quantitative estimate of drug-likeness (QED) is 0.505. The fraction of sp³-hybridized carbons (Fsp3) is 0.385. The van der Waals surface area contributed by atoms with Crippen LogP contribution in [0.1, 0.15) is 19.4 Å². The van der Waals surface area contributed by atoms with Crippen molar-refractivity contribution < 1.29 is 23.4 Å². The van der Waals surface area contributed by atoms with E-state index in [0.29, 0.717) is 5.69 Å². The number of amides is 1. The summed E-state index contributed by atoms with van der Waals surface area (Å²) >= 11 is 0. The molecule has 22 heavy (non-hydrogen) atoms. The maximum Gasteiger partial charge on any atom is 0.410 e. The van der Waals surface area contributed by atoms with Crippen LogP contribution in [0, 0.1) is 5.82 Å². The number of hydrogen-bond acceptors (Lipinski definition) is 5. The molecule has 1 aliphatic rings. The number of nitrogen functional groups attached to an aromatic ring is 1. The van der Waals surface area contributed by atoms with Crippen molar-refractivity contribution in [2.45, 2.75) is 24.6 Å². The topological polar surface area (TPSA) is 128 Å². The van der Waals surface area contributed by atoms with Crippen molar-refractivity contribution in [1.29, 1.82) is 0 Å². The molecule has 0 aromatic heterocycles. The van der Waals surface area contributed by atoms with E-state index in [0.717, 1.165) is 0 Å². The summed E-state index contributed by atoms with van der Waals surface area (Å²) in [7, 11) is -3.21. The van der Waals surface area contributed by atoms with Gasteiger partial charge in [0.05, 0.1) is 5.75 Å². The lowest BCUT2D eigenvalue weighted by Crippen LogP contribution is -2.48. The van der Waals surface area contributed by atoms with Crippen LogP contribution >= 0.6 is 10.6 Å². The van der Waals surface area contributed by atoms with Gasteiger partial charge in [-0.3, -0.25) is 19.4 Å². The van der Waals surface area contributed by atoms with Gasteiger partial charge in [0, 0.05) is 11.3 Å². The van der Waals surface area contributed by atoms with Gasteiger partial charge in [-0.15, -0.1) is 0 Å². The number of benzene rings is 1. The Bertz CT molecular complexity index is 652. The molecule has 1 amide bonds. The van der Waals surface area contributed by atoms with Gasteiger partial charge in [-0.1, -0.05) is 0 Å². The first kappa shape index (κ1) is 16.5. The Morgan fingerprint density at radius 3 is 2.77 bits per heavy atom. The molecule has 2 atom stereocenters. The number of amidine groups is 1. The zero-order chi connectivity index (χ0) is 16.7. The highest BCUT2D eigenvalue weighted by atomic mass is 32.3. The zero-order valence-electron chi connectivity index (χ0n) is 12.1. The highest BCUT2D eigenvalue weighted by Crippen LogP contribution is 2.53. The minimum absolute atomic E-state index is 0.0871. The Hall–Kier alpha value is -1.84. The third kappa shape index (κ3) is 3.01.